The van der Waals surface area contributed by atoms with Crippen molar-refractivity contribution >= 4 is 22.9 Å². The summed E-state index contributed by atoms with van der Waals surface area (Å²) >= 11 is 1.63. The molecule has 112 valence electrons. The zero-order chi connectivity index (χ0) is 15.2. The van der Waals surface area contributed by atoms with E-state index < -0.39 is 0 Å². The number of thiophene rings is 1. The first-order valence-electron chi connectivity index (χ1n) is 7.15. The van der Waals surface area contributed by atoms with Crippen molar-refractivity contribution in [3.63, 3.8) is 0 Å². The SMILES string of the molecule is CCCNc1cc(C)ncc1C(=O)NC(C)c1ccsc1. The monoisotopic (exact) mass is 303 g/mol. The molecule has 2 N–H and O–H groups in total. The summed E-state index contributed by atoms with van der Waals surface area (Å²) in [6.45, 7) is 6.84. The Labute approximate surface area is 129 Å². The molecule has 1 unspecified atom stereocenters. The molecule has 0 radical (unpaired) electrons. The van der Waals surface area contributed by atoms with E-state index in [2.05, 4.69) is 27.9 Å². The third kappa shape index (κ3) is 4.04. The molecular weight excluding hydrogens is 282 g/mol. The van der Waals surface area contributed by atoms with E-state index in [0.717, 1.165) is 29.9 Å². The maximum absolute atomic E-state index is 12.5. The maximum Gasteiger partial charge on any atom is 0.255 e. The molecule has 0 aromatic carbocycles. The molecule has 0 aliphatic carbocycles. The molecule has 2 heterocycles. The minimum absolute atomic E-state index is 0.0101. The van der Waals surface area contributed by atoms with Gasteiger partial charge in [0, 0.05) is 18.4 Å². The summed E-state index contributed by atoms with van der Waals surface area (Å²) in [5, 5.41) is 10.4. The topological polar surface area (TPSA) is 54.0 Å². The van der Waals surface area contributed by atoms with Crippen LogP contribution in [-0.4, -0.2) is 17.4 Å². The molecular formula is C16H21N3OS. The summed E-state index contributed by atoms with van der Waals surface area (Å²) in [4.78, 5) is 16.7. The molecule has 21 heavy (non-hydrogen) atoms. The van der Waals surface area contributed by atoms with Crippen LogP contribution in [0.2, 0.25) is 0 Å². The lowest BCUT2D eigenvalue weighted by atomic mass is 10.1. The Morgan fingerprint density at radius 1 is 1.48 bits per heavy atom. The molecule has 0 saturated heterocycles. The second-order valence-corrected chi connectivity index (χ2v) is 5.83. The van der Waals surface area contributed by atoms with Crippen molar-refractivity contribution in [2.75, 3.05) is 11.9 Å². The number of nitrogens with one attached hydrogen (secondary N) is 2. The number of pyridine rings is 1. The molecule has 0 spiro atoms. The van der Waals surface area contributed by atoms with Gasteiger partial charge in [-0.05, 0) is 48.7 Å². The quantitative estimate of drug-likeness (QED) is 0.854. The number of amides is 1. The highest BCUT2D eigenvalue weighted by Crippen LogP contribution is 2.19. The predicted molar refractivity (Wildman–Crippen MR) is 88.0 cm³/mol. The van der Waals surface area contributed by atoms with E-state index in [-0.39, 0.29) is 11.9 Å². The van der Waals surface area contributed by atoms with E-state index in [1.54, 1.807) is 17.5 Å². The van der Waals surface area contributed by atoms with Gasteiger partial charge in [0.2, 0.25) is 0 Å². The highest BCUT2D eigenvalue weighted by molar-refractivity contribution is 7.07. The lowest BCUT2D eigenvalue weighted by Gasteiger charge is -2.15. The first kappa shape index (κ1) is 15.5. The molecule has 0 saturated carbocycles. The summed E-state index contributed by atoms with van der Waals surface area (Å²) in [7, 11) is 0. The summed E-state index contributed by atoms with van der Waals surface area (Å²) in [6.07, 6.45) is 2.65. The third-order valence-corrected chi connectivity index (χ3v) is 3.94. The molecule has 1 amide bonds. The van der Waals surface area contributed by atoms with E-state index in [9.17, 15) is 4.79 Å². The van der Waals surface area contributed by atoms with Crippen LogP contribution in [0, 0.1) is 6.92 Å². The number of nitrogens with zero attached hydrogens (tertiary/aromatic N) is 1. The Kier molecular flexibility index (Phi) is 5.33. The molecule has 2 aromatic rings. The summed E-state index contributed by atoms with van der Waals surface area (Å²) in [5.41, 5.74) is 3.46. The fourth-order valence-electron chi connectivity index (χ4n) is 2.03. The molecule has 2 aromatic heterocycles. The Bertz CT molecular complexity index is 596. The van der Waals surface area contributed by atoms with Crippen LogP contribution in [-0.2, 0) is 0 Å². The van der Waals surface area contributed by atoms with Gasteiger partial charge >= 0.3 is 0 Å². The lowest BCUT2D eigenvalue weighted by molar-refractivity contribution is 0.0940. The normalized spacial score (nSPS) is 12.0. The molecule has 4 nitrogen and oxygen atoms in total. The van der Waals surface area contributed by atoms with Gasteiger partial charge in [-0.15, -0.1) is 0 Å². The second kappa shape index (κ2) is 7.22. The van der Waals surface area contributed by atoms with Gasteiger partial charge in [0.25, 0.3) is 5.91 Å². The number of carbonyl (C=O) groups is 1. The van der Waals surface area contributed by atoms with Crippen molar-refractivity contribution in [2.45, 2.75) is 33.2 Å². The van der Waals surface area contributed by atoms with Crippen LogP contribution in [0.15, 0.2) is 29.1 Å². The molecule has 1 atom stereocenters. The molecule has 2 rings (SSSR count). The third-order valence-electron chi connectivity index (χ3n) is 3.24. The van der Waals surface area contributed by atoms with Crippen LogP contribution >= 0.6 is 11.3 Å². The van der Waals surface area contributed by atoms with Crippen LogP contribution in [0.1, 0.15) is 47.9 Å². The summed E-state index contributed by atoms with van der Waals surface area (Å²) in [5.74, 6) is -0.0974. The number of rotatable bonds is 6. The molecule has 0 fully saturated rings. The van der Waals surface area contributed by atoms with Crippen molar-refractivity contribution in [2.24, 2.45) is 0 Å². The van der Waals surface area contributed by atoms with Crippen LogP contribution in [0.5, 0.6) is 0 Å². The number of aromatic nitrogens is 1. The zero-order valence-corrected chi connectivity index (χ0v) is 13.5. The average molecular weight is 303 g/mol. The highest BCUT2D eigenvalue weighted by Gasteiger charge is 2.15. The number of carbonyl (C=O) groups excluding carboxylic acids is 1. The minimum Gasteiger partial charge on any atom is -0.384 e. The van der Waals surface area contributed by atoms with Crippen molar-refractivity contribution in [3.05, 3.63) is 45.9 Å². The van der Waals surface area contributed by atoms with Gasteiger partial charge in [0.05, 0.1) is 17.3 Å². The van der Waals surface area contributed by atoms with Crippen molar-refractivity contribution in [3.8, 4) is 0 Å². The summed E-state index contributed by atoms with van der Waals surface area (Å²) < 4.78 is 0. The van der Waals surface area contributed by atoms with Crippen molar-refractivity contribution in [1.82, 2.24) is 10.3 Å². The van der Waals surface area contributed by atoms with Crippen LogP contribution in [0.4, 0.5) is 5.69 Å². The van der Waals surface area contributed by atoms with Gasteiger partial charge in [-0.25, -0.2) is 0 Å². The zero-order valence-electron chi connectivity index (χ0n) is 12.6. The largest absolute Gasteiger partial charge is 0.384 e. The standard InChI is InChI=1S/C16H21N3OS/c1-4-6-17-15-8-11(2)18-9-14(15)16(20)19-12(3)13-5-7-21-10-13/h5,7-10,12H,4,6H2,1-3H3,(H,17,18)(H,19,20). The number of anilines is 1. The fourth-order valence-corrected chi connectivity index (χ4v) is 2.78. The van der Waals surface area contributed by atoms with E-state index in [0.29, 0.717) is 5.56 Å². The van der Waals surface area contributed by atoms with Gasteiger partial charge in [-0.1, -0.05) is 6.92 Å². The van der Waals surface area contributed by atoms with Crippen LogP contribution in [0.25, 0.3) is 0 Å². The molecule has 0 aliphatic heterocycles. The van der Waals surface area contributed by atoms with E-state index in [1.807, 2.05) is 31.4 Å². The van der Waals surface area contributed by atoms with E-state index in [4.69, 9.17) is 0 Å². The Morgan fingerprint density at radius 3 is 2.95 bits per heavy atom. The van der Waals surface area contributed by atoms with Gasteiger partial charge < -0.3 is 10.6 Å². The minimum atomic E-state index is -0.0974. The van der Waals surface area contributed by atoms with E-state index >= 15 is 0 Å². The molecule has 0 aliphatic rings. The van der Waals surface area contributed by atoms with Gasteiger partial charge in [-0.3, -0.25) is 9.78 Å². The first-order chi connectivity index (χ1) is 10.1. The fraction of sp³-hybridized carbons (Fsp3) is 0.375. The predicted octanol–water partition coefficient (Wildman–Crippen LogP) is 3.76. The highest BCUT2D eigenvalue weighted by atomic mass is 32.1. The average Bonchev–Trinajstić information content (AvgIpc) is 2.99. The van der Waals surface area contributed by atoms with Crippen molar-refractivity contribution < 1.29 is 4.79 Å². The van der Waals surface area contributed by atoms with Crippen molar-refractivity contribution in [1.29, 1.82) is 0 Å². The number of hydrogen-bond donors (Lipinski definition) is 2. The summed E-state index contributed by atoms with van der Waals surface area (Å²) in [6, 6.07) is 3.93. The number of aryl methyl sites for hydroxylation is 1. The van der Waals surface area contributed by atoms with Gasteiger partial charge in [-0.2, -0.15) is 11.3 Å². The molecule has 5 heteroatoms. The Balaban J connectivity index is 2.14. The van der Waals surface area contributed by atoms with Crippen LogP contribution < -0.4 is 10.6 Å². The first-order valence-corrected chi connectivity index (χ1v) is 8.09. The Morgan fingerprint density at radius 2 is 2.29 bits per heavy atom. The second-order valence-electron chi connectivity index (χ2n) is 5.05. The Hall–Kier alpha value is -1.88. The van der Waals surface area contributed by atoms with Gasteiger partial charge in [0.15, 0.2) is 0 Å². The maximum atomic E-state index is 12.5. The van der Waals surface area contributed by atoms with E-state index in [1.165, 1.54) is 0 Å². The van der Waals surface area contributed by atoms with Crippen LogP contribution in [0.3, 0.4) is 0 Å². The smallest absolute Gasteiger partial charge is 0.255 e. The molecule has 0 bridgehead atoms. The number of hydrogen-bond acceptors (Lipinski definition) is 4. The van der Waals surface area contributed by atoms with Gasteiger partial charge in [0.1, 0.15) is 0 Å². The lowest BCUT2D eigenvalue weighted by Crippen LogP contribution is -2.27.